The number of aryl methyl sites for hydroxylation is 1. The molecule has 0 aromatic heterocycles. The monoisotopic (exact) mass is 380 g/mol. The molecule has 0 saturated carbocycles. The summed E-state index contributed by atoms with van der Waals surface area (Å²) in [6.45, 7) is 9.19. The van der Waals surface area contributed by atoms with Gasteiger partial charge < -0.3 is 5.32 Å². The van der Waals surface area contributed by atoms with Crippen molar-refractivity contribution in [3.8, 4) is 0 Å². The maximum absolute atomic E-state index is 12.6. The van der Waals surface area contributed by atoms with Crippen molar-refractivity contribution >= 4 is 21.6 Å². The Labute approximate surface area is 155 Å². The molecule has 3 N–H and O–H groups in total. The summed E-state index contributed by atoms with van der Waals surface area (Å²) in [4.78, 5) is 17.3. The number of rotatable bonds is 4. The molecular formula is C18H28N4O3S. The van der Waals surface area contributed by atoms with Crippen LogP contribution in [0.1, 0.15) is 30.9 Å². The van der Waals surface area contributed by atoms with E-state index in [2.05, 4.69) is 22.0 Å². The van der Waals surface area contributed by atoms with Crippen LogP contribution in [0.5, 0.6) is 0 Å². The van der Waals surface area contributed by atoms with Crippen LogP contribution in [0.3, 0.4) is 0 Å². The molecule has 1 aromatic rings. The van der Waals surface area contributed by atoms with Crippen molar-refractivity contribution in [1.82, 2.24) is 9.80 Å². The molecule has 2 atom stereocenters. The Morgan fingerprint density at radius 2 is 2.04 bits per heavy atom. The molecule has 2 aliphatic heterocycles. The number of primary sulfonamides is 1. The van der Waals surface area contributed by atoms with Crippen LogP contribution >= 0.6 is 0 Å². The SMILES string of the molecule is Cc1cc(S(N)(=O)=O)cc(NC(=O)CN2C[C@H]3CCCN3C[C@@H]2C)c1C. The van der Waals surface area contributed by atoms with Crippen molar-refractivity contribution in [1.29, 1.82) is 0 Å². The number of hydrogen-bond acceptors (Lipinski definition) is 5. The van der Waals surface area contributed by atoms with Crippen LogP contribution in [0.4, 0.5) is 5.69 Å². The van der Waals surface area contributed by atoms with E-state index in [1.807, 2.05) is 6.92 Å². The lowest BCUT2D eigenvalue weighted by atomic mass is 10.1. The first-order valence-electron chi connectivity index (χ1n) is 9.07. The molecule has 3 rings (SSSR count). The molecule has 8 heteroatoms. The topological polar surface area (TPSA) is 95.7 Å². The van der Waals surface area contributed by atoms with Crippen molar-refractivity contribution in [3.63, 3.8) is 0 Å². The maximum Gasteiger partial charge on any atom is 0.238 e. The van der Waals surface area contributed by atoms with E-state index < -0.39 is 10.0 Å². The Kier molecular flexibility index (Phi) is 5.39. The van der Waals surface area contributed by atoms with Gasteiger partial charge in [-0.2, -0.15) is 0 Å². The first-order chi connectivity index (χ1) is 12.1. The van der Waals surface area contributed by atoms with E-state index in [1.165, 1.54) is 25.0 Å². The van der Waals surface area contributed by atoms with Crippen LogP contribution in [0.25, 0.3) is 0 Å². The van der Waals surface area contributed by atoms with Gasteiger partial charge in [0.15, 0.2) is 0 Å². The zero-order chi connectivity index (χ0) is 19.1. The van der Waals surface area contributed by atoms with Gasteiger partial charge in [-0.3, -0.25) is 14.6 Å². The third kappa shape index (κ3) is 4.09. The predicted molar refractivity (Wildman–Crippen MR) is 102 cm³/mol. The number of nitrogens with zero attached hydrogens (tertiary/aromatic N) is 2. The number of carbonyl (C=O) groups excluding carboxylic acids is 1. The molecule has 7 nitrogen and oxygen atoms in total. The van der Waals surface area contributed by atoms with E-state index in [4.69, 9.17) is 5.14 Å². The molecule has 1 aromatic carbocycles. The summed E-state index contributed by atoms with van der Waals surface area (Å²) in [5.74, 6) is -0.127. The van der Waals surface area contributed by atoms with Gasteiger partial charge in [-0.25, -0.2) is 13.6 Å². The molecule has 0 unspecified atom stereocenters. The van der Waals surface area contributed by atoms with E-state index >= 15 is 0 Å². The zero-order valence-electron chi connectivity index (χ0n) is 15.7. The molecule has 26 heavy (non-hydrogen) atoms. The fourth-order valence-electron chi connectivity index (χ4n) is 3.96. The standard InChI is InChI=1S/C18H28N4O3S/c1-12-7-16(26(19,24)25)8-17(14(12)3)20-18(23)11-22-10-15-5-4-6-21(15)9-13(22)2/h7-8,13,15H,4-6,9-11H2,1-3H3,(H,20,23)(H2,19,24,25)/t13-,15+/m0/s1. The molecule has 144 valence electrons. The van der Waals surface area contributed by atoms with E-state index in [1.54, 1.807) is 6.92 Å². The number of sulfonamides is 1. The maximum atomic E-state index is 12.6. The lowest BCUT2D eigenvalue weighted by Gasteiger charge is -2.41. The number of hydrogen-bond donors (Lipinski definition) is 2. The summed E-state index contributed by atoms with van der Waals surface area (Å²) < 4.78 is 23.3. The van der Waals surface area contributed by atoms with E-state index in [0.29, 0.717) is 24.3 Å². The molecular weight excluding hydrogens is 352 g/mol. The van der Waals surface area contributed by atoms with Gasteiger partial charge in [0.05, 0.1) is 11.4 Å². The Hall–Kier alpha value is -1.48. The van der Waals surface area contributed by atoms with Gasteiger partial charge in [0.2, 0.25) is 15.9 Å². The summed E-state index contributed by atoms with van der Waals surface area (Å²) in [5.41, 5.74) is 2.13. The summed E-state index contributed by atoms with van der Waals surface area (Å²) in [6.07, 6.45) is 2.43. The van der Waals surface area contributed by atoms with Crippen molar-refractivity contribution in [2.75, 3.05) is 31.5 Å². The van der Waals surface area contributed by atoms with Crippen molar-refractivity contribution in [3.05, 3.63) is 23.3 Å². The number of fused-ring (bicyclic) bond motifs is 1. The van der Waals surface area contributed by atoms with Crippen LogP contribution in [0.2, 0.25) is 0 Å². The van der Waals surface area contributed by atoms with Crippen LogP contribution in [-0.2, 0) is 14.8 Å². The summed E-state index contributed by atoms with van der Waals surface area (Å²) in [6, 6.07) is 3.85. The number of benzene rings is 1. The lowest BCUT2D eigenvalue weighted by molar-refractivity contribution is -0.118. The molecule has 0 bridgehead atoms. The largest absolute Gasteiger partial charge is 0.325 e. The molecule has 2 fully saturated rings. The highest BCUT2D eigenvalue weighted by Gasteiger charge is 2.34. The fraction of sp³-hybridized carbons (Fsp3) is 0.611. The molecule has 2 saturated heterocycles. The highest BCUT2D eigenvalue weighted by Crippen LogP contribution is 2.26. The molecule has 0 radical (unpaired) electrons. The van der Waals surface area contributed by atoms with Crippen molar-refractivity contribution in [2.24, 2.45) is 5.14 Å². The summed E-state index contributed by atoms with van der Waals surface area (Å²) >= 11 is 0. The highest BCUT2D eigenvalue weighted by atomic mass is 32.2. The number of amides is 1. The van der Waals surface area contributed by atoms with E-state index in [0.717, 1.165) is 30.8 Å². The normalized spacial score (nSPS) is 24.5. The average molecular weight is 381 g/mol. The van der Waals surface area contributed by atoms with Gasteiger partial charge in [-0.05, 0) is 63.4 Å². The second-order valence-electron chi connectivity index (χ2n) is 7.58. The average Bonchev–Trinajstić information content (AvgIpc) is 2.98. The van der Waals surface area contributed by atoms with Crippen LogP contribution < -0.4 is 10.5 Å². The van der Waals surface area contributed by atoms with Gasteiger partial charge >= 0.3 is 0 Å². The van der Waals surface area contributed by atoms with Crippen LogP contribution in [-0.4, -0.2) is 62.4 Å². The number of anilines is 1. The van der Waals surface area contributed by atoms with Crippen LogP contribution in [0, 0.1) is 13.8 Å². The highest BCUT2D eigenvalue weighted by molar-refractivity contribution is 7.89. The van der Waals surface area contributed by atoms with E-state index in [9.17, 15) is 13.2 Å². The Bertz CT molecular complexity index is 809. The summed E-state index contributed by atoms with van der Waals surface area (Å²) in [7, 11) is -3.81. The third-order valence-electron chi connectivity index (χ3n) is 5.66. The number of nitrogens with two attached hydrogens (primary N) is 1. The minimum atomic E-state index is -3.81. The second-order valence-corrected chi connectivity index (χ2v) is 9.14. The van der Waals surface area contributed by atoms with Gasteiger partial charge in [0, 0.05) is 30.9 Å². The van der Waals surface area contributed by atoms with Crippen LogP contribution in [0.15, 0.2) is 17.0 Å². The lowest BCUT2D eigenvalue weighted by Crippen LogP contribution is -2.56. The summed E-state index contributed by atoms with van der Waals surface area (Å²) in [5, 5.41) is 8.12. The van der Waals surface area contributed by atoms with Gasteiger partial charge in [0.25, 0.3) is 0 Å². The minimum absolute atomic E-state index is 0.0174. The number of nitrogens with one attached hydrogen (secondary N) is 1. The molecule has 0 aliphatic carbocycles. The fourth-order valence-corrected chi connectivity index (χ4v) is 4.59. The molecule has 0 spiro atoms. The zero-order valence-corrected chi connectivity index (χ0v) is 16.5. The Morgan fingerprint density at radius 1 is 1.31 bits per heavy atom. The van der Waals surface area contributed by atoms with Gasteiger partial charge in [0.1, 0.15) is 0 Å². The van der Waals surface area contributed by atoms with Crippen molar-refractivity contribution in [2.45, 2.75) is 50.6 Å². The first-order valence-corrected chi connectivity index (χ1v) is 10.6. The number of piperazine rings is 1. The van der Waals surface area contributed by atoms with E-state index in [-0.39, 0.29) is 10.8 Å². The quantitative estimate of drug-likeness (QED) is 0.814. The smallest absolute Gasteiger partial charge is 0.238 e. The van der Waals surface area contributed by atoms with Gasteiger partial charge in [-0.1, -0.05) is 0 Å². The van der Waals surface area contributed by atoms with Gasteiger partial charge in [-0.15, -0.1) is 0 Å². The third-order valence-corrected chi connectivity index (χ3v) is 6.55. The van der Waals surface area contributed by atoms with Crippen molar-refractivity contribution < 1.29 is 13.2 Å². The molecule has 2 aliphatic rings. The number of carbonyl (C=O) groups is 1. The Morgan fingerprint density at radius 3 is 2.73 bits per heavy atom. The predicted octanol–water partition coefficient (Wildman–Crippen LogP) is 1.06. The second kappa shape index (κ2) is 7.26. The molecule has 2 heterocycles. The minimum Gasteiger partial charge on any atom is -0.325 e. The first kappa shape index (κ1) is 19.3. The Balaban J connectivity index is 1.71. The molecule has 1 amide bonds.